The van der Waals surface area contributed by atoms with E-state index in [9.17, 15) is 0 Å². The van der Waals surface area contributed by atoms with E-state index in [0.717, 1.165) is 30.8 Å². The SMILES string of the molecule is CCC(CSC)N(C)c1nc(C)nc2c1CCCC2. The molecule has 4 heteroatoms. The van der Waals surface area contributed by atoms with Crippen LogP contribution in [0.1, 0.15) is 43.3 Å². The van der Waals surface area contributed by atoms with Crippen molar-refractivity contribution >= 4 is 17.6 Å². The maximum atomic E-state index is 4.74. The Labute approximate surface area is 121 Å². The lowest BCUT2D eigenvalue weighted by atomic mass is 9.95. The first-order chi connectivity index (χ1) is 9.17. The Hall–Kier alpha value is -0.770. The fraction of sp³-hybridized carbons (Fsp3) is 0.733. The van der Waals surface area contributed by atoms with E-state index < -0.39 is 0 Å². The molecule has 1 heterocycles. The highest BCUT2D eigenvalue weighted by atomic mass is 32.2. The lowest BCUT2D eigenvalue weighted by molar-refractivity contribution is 0.628. The van der Waals surface area contributed by atoms with E-state index in [-0.39, 0.29) is 0 Å². The van der Waals surface area contributed by atoms with Crippen molar-refractivity contribution in [3.05, 3.63) is 17.1 Å². The first-order valence-corrected chi connectivity index (χ1v) is 8.64. The molecule has 0 fully saturated rings. The van der Waals surface area contributed by atoms with Gasteiger partial charge in [0.25, 0.3) is 0 Å². The summed E-state index contributed by atoms with van der Waals surface area (Å²) in [5.74, 6) is 3.26. The smallest absolute Gasteiger partial charge is 0.135 e. The number of thioether (sulfide) groups is 1. The molecule has 1 aromatic heterocycles. The number of nitrogens with zero attached hydrogens (tertiary/aromatic N) is 3. The van der Waals surface area contributed by atoms with E-state index in [0.29, 0.717) is 6.04 Å². The number of anilines is 1. The van der Waals surface area contributed by atoms with Crippen LogP contribution in [0.2, 0.25) is 0 Å². The maximum absolute atomic E-state index is 4.74. The van der Waals surface area contributed by atoms with E-state index in [1.165, 1.54) is 29.9 Å². The second kappa shape index (κ2) is 6.60. The quantitative estimate of drug-likeness (QED) is 0.827. The Morgan fingerprint density at radius 1 is 1.26 bits per heavy atom. The minimum Gasteiger partial charge on any atom is -0.356 e. The molecule has 1 unspecified atom stereocenters. The first kappa shape index (κ1) is 14.6. The molecule has 0 amide bonds. The van der Waals surface area contributed by atoms with Crippen LogP contribution in [-0.2, 0) is 12.8 Å². The number of fused-ring (bicyclic) bond motifs is 1. The second-order valence-corrected chi connectivity index (χ2v) is 6.27. The highest BCUT2D eigenvalue weighted by Crippen LogP contribution is 2.29. The van der Waals surface area contributed by atoms with Crippen molar-refractivity contribution in [3.8, 4) is 0 Å². The molecule has 2 rings (SSSR count). The molecule has 0 saturated carbocycles. The summed E-state index contributed by atoms with van der Waals surface area (Å²) in [4.78, 5) is 11.8. The van der Waals surface area contributed by atoms with Gasteiger partial charge in [-0.1, -0.05) is 6.92 Å². The topological polar surface area (TPSA) is 29.0 Å². The van der Waals surface area contributed by atoms with Gasteiger partial charge in [-0.15, -0.1) is 0 Å². The largest absolute Gasteiger partial charge is 0.356 e. The molecule has 1 aliphatic carbocycles. The second-order valence-electron chi connectivity index (χ2n) is 5.36. The molecular formula is C15H25N3S. The van der Waals surface area contributed by atoms with Gasteiger partial charge < -0.3 is 4.90 Å². The van der Waals surface area contributed by atoms with Gasteiger partial charge in [-0.2, -0.15) is 11.8 Å². The highest BCUT2D eigenvalue weighted by molar-refractivity contribution is 7.98. The Morgan fingerprint density at radius 3 is 2.68 bits per heavy atom. The van der Waals surface area contributed by atoms with E-state index in [2.05, 4.69) is 30.1 Å². The molecule has 0 aliphatic heterocycles. The van der Waals surface area contributed by atoms with Crippen LogP contribution >= 0.6 is 11.8 Å². The van der Waals surface area contributed by atoms with Crippen LogP contribution in [0.25, 0.3) is 0 Å². The average Bonchev–Trinajstić information content (AvgIpc) is 2.43. The summed E-state index contributed by atoms with van der Waals surface area (Å²) in [6, 6.07) is 0.565. The van der Waals surface area contributed by atoms with E-state index in [1.807, 2.05) is 18.7 Å². The Bertz CT molecular complexity index is 434. The highest BCUT2D eigenvalue weighted by Gasteiger charge is 2.22. The van der Waals surface area contributed by atoms with E-state index >= 15 is 0 Å². The third kappa shape index (κ3) is 3.22. The van der Waals surface area contributed by atoms with Gasteiger partial charge in [0.05, 0.1) is 0 Å². The monoisotopic (exact) mass is 279 g/mol. The van der Waals surface area contributed by atoms with Gasteiger partial charge >= 0.3 is 0 Å². The minimum atomic E-state index is 0.565. The summed E-state index contributed by atoms with van der Waals surface area (Å²) in [5, 5.41) is 0. The van der Waals surface area contributed by atoms with Crippen molar-refractivity contribution < 1.29 is 0 Å². The number of hydrogen-bond donors (Lipinski definition) is 0. The minimum absolute atomic E-state index is 0.565. The normalized spacial score (nSPS) is 16.0. The van der Waals surface area contributed by atoms with Gasteiger partial charge in [0, 0.05) is 30.1 Å². The first-order valence-electron chi connectivity index (χ1n) is 7.25. The van der Waals surface area contributed by atoms with Crippen molar-refractivity contribution in [1.82, 2.24) is 9.97 Å². The number of rotatable bonds is 5. The Balaban J connectivity index is 2.34. The fourth-order valence-corrected chi connectivity index (χ4v) is 3.70. The van der Waals surface area contributed by atoms with Crippen LogP contribution in [0, 0.1) is 6.92 Å². The van der Waals surface area contributed by atoms with Crippen molar-refractivity contribution in [2.75, 3.05) is 24.0 Å². The van der Waals surface area contributed by atoms with Crippen molar-refractivity contribution in [3.63, 3.8) is 0 Å². The summed E-state index contributed by atoms with van der Waals surface area (Å²) in [7, 11) is 2.20. The van der Waals surface area contributed by atoms with E-state index in [1.54, 1.807) is 0 Å². The molecule has 0 radical (unpaired) electrons. The molecular weight excluding hydrogens is 254 g/mol. The molecule has 1 aliphatic rings. The number of aryl methyl sites for hydroxylation is 2. The third-order valence-electron chi connectivity index (χ3n) is 3.99. The van der Waals surface area contributed by atoms with Gasteiger partial charge in [0.15, 0.2) is 0 Å². The van der Waals surface area contributed by atoms with Crippen LogP contribution in [0.15, 0.2) is 0 Å². The predicted molar refractivity (Wildman–Crippen MR) is 84.3 cm³/mol. The number of aromatic nitrogens is 2. The summed E-state index contributed by atoms with van der Waals surface area (Å²) < 4.78 is 0. The van der Waals surface area contributed by atoms with Gasteiger partial charge in [-0.3, -0.25) is 0 Å². The Kier molecular flexibility index (Phi) is 5.08. The van der Waals surface area contributed by atoms with Crippen LogP contribution in [-0.4, -0.2) is 35.1 Å². The molecule has 1 atom stereocenters. The predicted octanol–water partition coefficient (Wildman–Crippen LogP) is 3.24. The average molecular weight is 279 g/mol. The van der Waals surface area contributed by atoms with E-state index in [4.69, 9.17) is 4.98 Å². The van der Waals surface area contributed by atoms with Crippen LogP contribution in [0.3, 0.4) is 0 Å². The van der Waals surface area contributed by atoms with Gasteiger partial charge in [0.2, 0.25) is 0 Å². The lowest BCUT2D eigenvalue weighted by Crippen LogP contribution is -2.35. The lowest BCUT2D eigenvalue weighted by Gasteiger charge is -2.31. The summed E-state index contributed by atoms with van der Waals surface area (Å²) >= 11 is 1.91. The zero-order chi connectivity index (χ0) is 13.8. The van der Waals surface area contributed by atoms with Gasteiger partial charge in [-0.25, -0.2) is 9.97 Å². The molecule has 0 aromatic carbocycles. The molecule has 106 valence electrons. The molecule has 0 saturated heterocycles. The van der Waals surface area contributed by atoms with Crippen molar-refractivity contribution in [2.45, 2.75) is 52.0 Å². The van der Waals surface area contributed by atoms with Gasteiger partial charge in [0.1, 0.15) is 11.6 Å². The summed E-state index contributed by atoms with van der Waals surface area (Å²) in [6.45, 7) is 4.28. The van der Waals surface area contributed by atoms with Crippen LogP contribution in [0.4, 0.5) is 5.82 Å². The fourth-order valence-electron chi connectivity index (χ4n) is 2.86. The zero-order valence-corrected chi connectivity index (χ0v) is 13.4. The molecule has 1 aromatic rings. The van der Waals surface area contributed by atoms with Crippen LogP contribution < -0.4 is 4.90 Å². The molecule has 19 heavy (non-hydrogen) atoms. The van der Waals surface area contributed by atoms with Crippen molar-refractivity contribution in [2.24, 2.45) is 0 Å². The summed E-state index contributed by atoms with van der Waals surface area (Å²) in [6.07, 6.45) is 8.16. The molecule has 0 bridgehead atoms. The Morgan fingerprint density at radius 2 is 2.00 bits per heavy atom. The molecule has 0 N–H and O–H groups in total. The maximum Gasteiger partial charge on any atom is 0.135 e. The summed E-state index contributed by atoms with van der Waals surface area (Å²) in [5.41, 5.74) is 2.69. The van der Waals surface area contributed by atoms with Crippen LogP contribution in [0.5, 0.6) is 0 Å². The zero-order valence-electron chi connectivity index (χ0n) is 12.6. The number of hydrogen-bond acceptors (Lipinski definition) is 4. The van der Waals surface area contributed by atoms with Crippen molar-refractivity contribution in [1.29, 1.82) is 0 Å². The van der Waals surface area contributed by atoms with Gasteiger partial charge in [-0.05, 0) is 45.3 Å². The third-order valence-corrected chi connectivity index (χ3v) is 4.70. The molecule has 0 spiro atoms. The molecule has 3 nitrogen and oxygen atoms in total. The standard InChI is InChI=1S/C15H25N3S/c1-5-12(10-19-4)18(3)15-13-8-6-7-9-14(13)16-11(2)17-15/h12H,5-10H2,1-4H3.